The van der Waals surface area contributed by atoms with Gasteiger partial charge in [-0.1, -0.05) is 0 Å². The molecule has 0 amide bonds. The van der Waals surface area contributed by atoms with E-state index in [-0.39, 0.29) is 32.7 Å². The van der Waals surface area contributed by atoms with Gasteiger partial charge in [0, 0.05) is 51.0 Å². The van der Waals surface area contributed by atoms with E-state index in [4.69, 9.17) is 0 Å². The molecule has 0 aliphatic heterocycles. The maximum atomic E-state index is 4.14. The second-order valence-electron chi connectivity index (χ2n) is 0.353. The van der Waals surface area contributed by atoms with Crippen LogP contribution in [0.4, 0.5) is 0 Å². The van der Waals surface area contributed by atoms with Crippen LogP contribution in [0.15, 0.2) is 0 Å². The quantitative estimate of drug-likeness (QED) is 0.274. The van der Waals surface area contributed by atoms with E-state index in [9.17, 15) is 0 Å². The summed E-state index contributed by atoms with van der Waals surface area (Å²) in [4.78, 5) is 3.90. The molecule has 0 atom stereocenters. The number of hydrogen-bond acceptors (Lipinski definition) is 3. The van der Waals surface area contributed by atoms with Crippen molar-refractivity contribution in [2.45, 2.75) is 0 Å². The van der Waals surface area contributed by atoms with Gasteiger partial charge in [-0.25, -0.2) is 0 Å². The van der Waals surface area contributed by atoms with Gasteiger partial charge in [0.15, 0.2) is 0 Å². The van der Waals surface area contributed by atoms with Crippen LogP contribution in [0.25, 0.3) is 0 Å². The topological polar surface area (TPSA) is 18.5 Å². The zero-order valence-corrected chi connectivity index (χ0v) is 7.16. The van der Waals surface area contributed by atoms with Crippen molar-refractivity contribution in [1.29, 1.82) is 0 Å². The van der Waals surface area contributed by atoms with E-state index in [2.05, 4.69) is 16.3 Å². The Kier molecular flexibility index (Phi) is 16.6. The predicted molar refractivity (Wildman–Crippen MR) is 21.0 cm³/mol. The Labute approximate surface area is 67.0 Å². The summed E-state index contributed by atoms with van der Waals surface area (Å²) in [6.45, 7) is 0. The Morgan fingerprint density at radius 1 is 1.67 bits per heavy atom. The molecule has 0 bridgehead atoms. The molecule has 0 saturated carbocycles. The van der Waals surface area contributed by atoms with Crippen LogP contribution in [0.2, 0.25) is 0 Å². The fourth-order valence-corrected chi connectivity index (χ4v) is 0.144. The molecule has 0 aliphatic rings. The predicted octanol–water partition coefficient (Wildman–Crippen LogP) is 1.00. The average molecular weight is 182 g/mol. The zero-order chi connectivity index (χ0) is 4.12. The van der Waals surface area contributed by atoms with Crippen LogP contribution < -0.4 is 0 Å². The molecule has 0 heterocycles. The van der Waals surface area contributed by atoms with Crippen LogP contribution in [0.1, 0.15) is 0 Å². The van der Waals surface area contributed by atoms with Crippen molar-refractivity contribution < 1.29 is 41.9 Å². The standard InChI is InChI=1S/C2H5O2S.Y/c1-3-4-5-2;/h1H2,2H3;/q-1;. The summed E-state index contributed by atoms with van der Waals surface area (Å²) in [5.41, 5.74) is 0. The normalized spacial score (nSPS) is 7.00. The minimum Gasteiger partial charge on any atom is -0.404 e. The molecule has 0 aromatic heterocycles. The molecule has 0 aromatic carbocycles. The third-order valence-corrected chi connectivity index (χ3v) is 0.348. The summed E-state index contributed by atoms with van der Waals surface area (Å²) in [5, 5.41) is 0. The molecule has 35 valence electrons. The monoisotopic (exact) mass is 182 g/mol. The van der Waals surface area contributed by atoms with E-state index in [1.54, 1.807) is 6.26 Å². The maximum Gasteiger partial charge on any atom is 0.0244 e. The molecule has 0 aliphatic carbocycles. The zero-order valence-electron chi connectivity index (χ0n) is 3.51. The van der Waals surface area contributed by atoms with Crippen molar-refractivity contribution in [2.24, 2.45) is 0 Å². The first-order valence-electron chi connectivity index (χ1n) is 1.03. The second kappa shape index (κ2) is 9.62. The fraction of sp³-hybridized carbons (Fsp3) is 0.500. The van der Waals surface area contributed by atoms with Crippen molar-refractivity contribution in [1.82, 2.24) is 0 Å². The molecule has 0 fully saturated rings. The summed E-state index contributed by atoms with van der Waals surface area (Å²) in [6.07, 6.45) is 1.74. The molecule has 0 aromatic rings. The molecule has 2 nitrogen and oxygen atoms in total. The van der Waals surface area contributed by atoms with Crippen LogP contribution in [0.3, 0.4) is 0 Å². The van der Waals surface area contributed by atoms with Gasteiger partial charge in [0.2, 0.25) is 0 Å². The first kappa shape index (κ1) is 10.4. The van der Waals surface area contributed by atoms with Crippen LogP contribution in [0.5, 0.6) is 0 Å². The largest absolute Gasteiger partial charge is 0.404 e. The molecule has 0 saturated heterocycles. The van der Waals surface area contributed by atoms with Gasteiger partial charge in [-0.2, -0.15) is 11.4 Å². The Bertz CT molecular complexity index is 19.0. The third-order valence-electron chi connectivity index (χ3n) is 0.116. The van der Waals surface area contributed by atoms with E-state index < -0.39 is 0 Å². The Balaban J connectivity index is 0. The van der Waals surface area contributed by atoms with Gasteiger partial charge >= 0.3 is 0 Å². The third kappa shape index (κ3) is 9.03. The van der Waals surface area contributed by atoms with Crippen LogP contribution >= 0.6 is 12.0 Å². The Hall–Kier alpha value is 1.37. The fourth-order valence-electron chi connectivity index (χ4n) is 0.0481. The summed E-state index contributed by atoms with van der Waals surface area (Å²) in [5.74, 6) is 0. The summed E-state index contributed by atoms with van der Waals surface area (Å²) < 4.78 is 4.14. The second-order valence-corrected chi connectivity index (χ2v) is 0.822. The van der Waals surface area contributed by atoms with E-state index >= 15 is 0 Å². The van der Waals surface area contributed by atoms with Gasteiger partial charge in [0.1, 0.15) is 0 Å². The molecular weight excluding hydrogens is 177 g/mol. The van der Waals surface area contributed by atoms with Gasteiger partial charge in [0.25, 0.3) is 0 Å². The van der Waals surface area contributed by atoms with Crippen molar-refractivity contribution in [3.8, 4) is 0 Å². The molecule has 0 N–H and O–H groups in total. The SMILES string of the molecule is [CH2-]OOSC.[Y]. The van der Waals surface area contributed by atoms with Crippen molar-refractivity contribution in [3.05, 3.63) is 7.11 Å². The van der Waals surface area contributed by atoms with Gasteiger partial charge < -0.3 is 4.89 Å². The van der Waals surface area contributed by atoms with E-state index in [1.807, 2.05) is 0 Å². The molecule has 0 spiro atoms. The molecule has 0 rings (SSSR count). The van der Waals surface area contributed by atoms with Gasteiger partial charge in [-0.05, 0) is 0 Å². The molecular formula is C2H5O2SY-. The van der Waals surface area contributed by atoms with Crippen LogP contribution in [-0.4, -0.2) is 6.26 Å². The average Bonchev–Trinajstić information content (AvgIpc) is 1.41. The minimum absolute atomic E-state index is 0. The molecule has 4 heteroatoms. The summed E-state index contributed by atoms with van der Waals surface area (Å²) in [6, 6.07) is 0. The van der Waals surface area contributed by atoms with Gasteiger partial charge in [0.05, 0.1) is 0 Å². The van der Waals surface area contributed by atoms with Crippen LogP contribution in [0, 0.1) is 7.11 Å². The van der Waals surface area contributed by atoms with E-state index in [0.29, 0.717) is 0 Å². The number of rotatable bonds is 2. The summed E-state index contributed by atoms with van der Waals surface area (Å²) in [7, 11) is 2.93. The van der Waals surface area contributed by atoms with Crippen molar-refractivity contribution in [3.63, 3.8) is 0 Å². The van der Waals surface area contributed by atoms with Crippen molar-refractivity contribution >= 4 is 12.0 Å². The van der Waals surface area contributed by atoms with Gasteiger partial charge in [-0.15, -0.1) is 0 Å². The first-order valence-corrected chi connectivity index (χ1v) is 2.18. The van der Waals surface area contributed by atoms with Gasteiger partial charge in [-0.3, -0.25) is 0 Å². The Morgan fingerprint density at radius 2 is 2.17 bits per heavy atom. The van der Waals surface area contributed by atoms with Crippen molar-refractivity contribution in [2.75, 3.05) is 6.26 Å². The van der Waals surface area contributed by atoms with E-state index in [0.717, 1.165) is 12.0 Å². The minimum atomic E-state index is 0. The number of hydrogen-bond donors (Lipinski definition) is 0. The maximum absolute atomic E-state index is 4.14. The molecule has 0 unspecified atom stereocenters. The smallest absolute Gasteiger partial charge is 0.0244 e. The Morgan fingerprint density at radius 3 is 2.17 bits per heavy atom. The molecule has 6 heavy (non-hydrogen) atoms. The van der Waals surface area contributed by atoms with Crippen LogP contribution in [-0.2, 0) is 41.9 Å². The van der Waals surface area contributed by atoms with E-state index in [1.165, 1.54) is 0 Å². The summed E-state index contributed by atoms with van der Waals surface area (Å²) >= 11 is 1.12. The first-order chi connectivity index (χ1) is 2.41. The molecule has 1 radical (unpaired) electrons.